The van der Waals surface area contributed by atoms with Gasteiger partial charge < -0.3 is 4.90 Å². The highest BCUT2D eigenvalue weighted by Crippen LogP contribution is 2.32. The normalized spacial score (nSPS) is 16.1. The molecule has 0 aromatic heterocycles. The average Bonchev–Trinajstić information content (AvgIpc) is 2.24. The molecule has 1 aromatic rings. The number of carbonyl (C=O) groups excluding carboxylic acids is 1. The van der Waals surface area contributed by atoms with E-state index in [1.54, 1.807) is 7.05 Å². The molecule has 1 saturated carbocycles. The zero-order chi connectivity index (χ0) is 14.2. The van der Waals surface area contributed by atoms with Crippen molar-refractivity contribution in [1.82, 2.24) is 4.90 Å². The molecule has 1 amide bonds. The van der Waals surface area contributed by atoms with Gasteiger partial charge in [0.15, 0.2) is 0 Å². The first-order valence-corrected chi connectivity index (χ1v) is 5.94. The van der Waals surface area contributed by atoms with Crippen LogP contribution in [0.2, 0.25) is 0 Å². The van der Waals surface area contributed by atoms with E-state index in [2.05, 4.69) is 0 Å². The van der Waals surface area contributed by atoms with E-state index < -0.39 is 23.5 Å². The molecule has 6 heteroatoms. The number of rotatable bonds is 2. The van der Waals surface area contributed by atoms with Gasteiger partial charge in [0.1, 0.15) is 5.82 Å². The van der Waals surface area contributed by atoms with Crippen LogP contribution in [0.3, 0.4) is 0 Å². The zero-order valence-electron chi connectivity index (χ0n) is 10.3. The van der Waals surface area contributed by atoms with Gasteiger partial charge in [0.25, 0.3) is 5.91 Å². The number of halogens is 4. The van der Waals surface area contributed by atoms with Crippen LogP contribution in [-0.2, 0) is 6.18 Å². The first-order chi connectivity index (χ1) is 8.80. The van der Waals surface area contributed by atoms with Crippen molar-refractivity contribution in [2.24, 2.45) is 0 Å². The SMILES string of the molecule is CN(C(=O)c1ccc(F)c(C(F)(F)F)c1)C1CCC1. The lowest BCUT2D eigenvalue weighted by Gasteiger charge is -2.34. The Balaban J connectivity index is 2.27. The fourth-order valence-electron chi connectivity index (χ4n) is 2.02. The molecule has 0 atom stereocenters. The molecule has 0 radical (unpaired) electrons. The molecule has 1 aliphatic carbocycles. The smallest absolute Gasteiger partial charge is 0.339 e. The number of amides is 1. The molecule has 2 nitrogen and oxygen atoms in total. The maximum absolute atomic E-state index is 13.1. The largest absolute Gasteiger partial charge is 0.419 e. The van der Waals surface area contributed by atoms with Crippen LogP contribution in [0.1, 0.15) is 35.2 Å². The van der Waals surface area contributed by atoms with Crippen molar-refractivity contribution in [2.75, 3.05) is 7.05 Å². The quantitative estimate of drug-likeness (QED) is 0.757. The Morgan fingerprint density at radius 2 is 1.95 bits per heavy atom. The van der Waals surface area contributed by atoms with Crippen molar-refractivity contribution in [2.45, 2.75) is 31.5 Å². The van der Waals surface area contributed by atoms with Crippen molar-refractivity contribution in [3.8, 4) is 0 Å². The van der Waals surface area contributed by atoms with Crippen molar-refractivity contribution < 1.29 is 22.4 Å². The Morgan fingerprint density at radius 3 is 2.42 bits per heavy atom. The average molecular weight is 275 g/mol. The molecule has 0 aliphatic heterocycles. The summed E-state index contributed by atoms with van der Waals surface area (Å²) in [6.45, 7) is 0. The molecular formula is C13H13F4NO. The van der Waals surface area contributed by atoms with Crippen LogP contribution in [0.15, 0.2) is 18.2 Å². The van der Waals surface area contributed by atoms with E-state index in [0.717, 1.165) is 25.3 Å². The predicted octanol–water partition coefficient (Wildman–Crippen LogP) is 3.47. The molecule has 0 saturated heterocycles. The monoisotopic (exact) mass is 275 g/mol. The molecule has 0 spiro atoms. The van der Waals surface area contributed by atoms with Gasteiger partial charge in [-0.1, -0.05) is 0 Å². The van der Waals surface area contributed by atoms with Gasteiger partial charge in [0.05, 0.1) is 5.56 Å². The summed E-state index contributed by atoms with van der Waals surface area (Å²) in [5.41, 5.74) is -1.54. The van der Waals surface area contributed by atoms with Crippen LogP contribution in [0.5, 0.6) is 0 Å². The van der Waals surface area contributed by atoms with Gasteiger partial charge in [-0.3, -0.25) is 4.79 Å². The minimum Gasteiger partial charge on any atom is -0.339 e. The maximum Gasteiger partial charge on any atom is 0.419 e. The van der Waals surface area contributed by atoms with Gasteiger partial charge in [-0.05, 0) is 37.5 Å². The summed E-state index contributed by atoms with van der Waals surface area (Å²) in [6.07, 6.45) is -2.07. The lowest BCUT2D eigenvalue weighted by molar-refractivity contribution is -0.140. The highest BCUT2D eigenvalue weighted by Gasteiger charge is 2.35. The first kappa shape index (κ1) is 13.8. The van der Waals surface area contributed by atoms with Gasteiger partial charge in [0.2, 0.25) is 0 Å². The lowest BCUT2D eigenvalue weighted by atomic mass is 9.91. The van der Waals surface area contributed by atoms with Crippen molar-refractivity contribution in [3.63, 3.8) is 0 Å². The molecule has 0 N–H and O–H groups in total. The lowest BCUT2D eigenvalue weighted by Crippen LogP contribution is -2.41. The highest BCUT2D eigenvalue weighted by molar-refractivity contribution is 5.94. The Bertz CT molecular complexity index is 494. The van der Waals surface area contributed by atoms with E-state index in [0.29, 0.717) is 12.1 Å². The third-order valence-electron chi connectivity index (χ3n) is 3.46. The Kier molecular flexibility index (Phi) is 3.52. The summed E-state index contributed by atoms with van der Waals surface area (Å²) in [4.78, 5) is 13.4. The van der Waals surface area contributed by atoms with Gasteiger partial charge >= 0.3 is 6.18 Å². The second-order valence-corrected chi connectivity index (χ2v) is 4.69. The van der Waals surface area contributed by atoms with Gasteiger partial charge in [0, 0.05) is 18.7 Å². The second kappa shape index (κ2) is 4.83. The summed E-state index contributed by atoms with van der Waals surface area (Å²) in [5, 5.41) is 0. The highest BCUT2D eigenvalue weighted by atomic mass is 19.4. The zero-order valence-corrected chi connectivity index (χ0v) is 10.3. The standard InChI is InChI=1S/C13H13F4NO/c1-18(9-3-2-4-9)12(19)8-5-6-11(14)10(7-8)13(15,16)17/h5-7,9H,2-4H2,1H3. The number of alkyl halides is 3. The van der Waals surface area contributed by atoms with Crippen molar-refractivity contribution >= 4 is 5.91 Å². The number of hydrogen-bond acceptors (Lipinski definition) is 1. The summed E-state index contributed by atoms with van der Waals surface area (Å²) < 4.78 is 50.8. The molecule has 1 aliphatic rings. The number of hydrogen-bond donors (Lipinski definition) is 0. The third-order valence-corrected chi connectivity index (χ3v) is 3.46. The van der Waals surface area contributed by atoms with Crippen molar-refractivity contribution in [3.05, 3.63) is 35.1 Å². The van der Waals surface area contributed by atoms with E-state index in [-0.39, 0.29) is 11.6 Å². The first-order valence-electron chi connectivity index (χ1n) is 5.94. The van der Waals surface area contributed by atoms with E-state index in [1.807, 2.05) is 0 Å². The minimum absolute atomic E-state index is 0.0758. The maximum atomic E-state index is 13.1. The molecule has 19 heavy (non-hydrogen) atoms. The molecule has 104 valence electrons. The number of benzene rings is 1. The van der Waals surface area contributed by atoms with E-state index in [1.165, 1.54) is 4.90 Å². The van der Waals surface area contributed by atoms with Crippen LogP contribution in [0.4, 0.5) is 17.6 Å². The van der Waals surface area contributed by atoms with Crippen molar-refractivity contribution in [1.29, 1.82) is 0 Å². The van der Waals surface area contributed by atoms with Crippen LogP contribution in [0.25, 0.3) is 0 Å². The summed E-state index contributed by atoms with van der Waals surface area (Å²) >= 11 is 0. The van der Waals surface area contributed by atoms with E-state index in [4.69, 9.17) is 0 Å². The number of carbonyl (C=O) groups is 1. The molecule has 1 aromatic carbocycles. The molecule has 0 bridgehead atoms. The third kappa shape index (κ3) is 2.72. The molecule has 2 rings (SSSR count). The predicted molar refractivity (Wildman–Crippen MR) is 61.1 cm³/mol. The van der Waals surface area contributed by atoms with Crippen LogP contribution in [-0.4, -0.2) is 23.9 Å². The minimum atomic E-state index is -4.80. The Morgan fingerprint density at radius 1 is 1.32 bits per heavy atom. The Labute approximate surface area is 108 Å². The van der Waals surface area contributed by atoms with E-state index in [9.17, 15) is 22.4 Å². The van der Waals surface area contributed by atoms with Gasteiger partial charge in [-0.25, -0.2) is 4.39 Å². The summed E-state index contributed by atoms with van der Waals surface area (Å²) in [7, 11) is 1.56. The second-order valence-electron chi connectivity index (χ2n) is 4.69. The van der Waals surface area contributed by atoms with E-state index >= 15 is 0 Å². The molecular weight excluding hydrogens is 262 g/mol. The van der Waals surface area contributed by atoms with Crippen LogP contribution < -0.4 is 0 Å². The van der Waals surface area contributed by atoms with Gasteiger partial charge in [-0.15, -0.1) is 0 Å². The molecule has 1 fully saturated rings. The Hall–Kier alpha value is -1.59. The fourth-order valence-corrected chi connectivity index (χ4v) is 2.02. The van der Waals surface area contributed by atoms with Gasteiger partial charge in [-0.2, -0.15) is 13.2 Å². The molecule has 0 heterocycles. The molecule has 0 unspecified atom stereocenters. The van der Waals surface area contributed by atoms with Crippen LogP contribution in [0, 0.1) is 5.82 Å². The topological polar surface area (TPSA) is 20.3 Å². The summed E-state index contributed by atoms with van der Waals surface area (Å²) in [5.74, 6) is -1.87. The fraction of sp³-hybridized carbons (Fsp3) is 0.462. The number of nitrogens with zero attached hydrogens (tertiary/aromatic N) is 1. The summed E-state index contributed by atoms with van der Waals surface area (Å²) in [6, 6.07) is 2.42. The van der Waals surface area contributed by atoms with Crippen LogP contribution >= 0.6 is 0 Å².